The van der Waals surface area contributed by atoms with E-state index >= 15 is 0 Å². The van der Waals surface area contributed by atoms with Crippen molar-refractivity contribution in [3.63, 3.8) is 0 Å². The van der Waals surface area contributed by atoms with E-state index in [2.05, 4.69) is 10.6 Å². The van der Waals surface area contributed by atoms with Crippen LogP contribution in [0.3, 0.4) is 0 Å². The molecule has 0 aromatic heterocycles. The third kappa shape index (κ3) is 4.18. The lowest BCUT2D eigenvalue weighted by atomic mass is 10.0. The number of hydrogen-bond acceptors (Lipinski definition) is 4. The zero-order valence-corrected chi connectivity index (χ0v) is 16.8. The van der Waals surface area contributed by atoms with Crippen LogP contribution in [0.4, 0.5) is 11.4 Å². The first-order valence-electron chi connectivity index (χ1n) is 9.78. The van der Waals surface area contributed by atoms with Gasteiger partial charge in [0.15, 0.2) is 0 Å². The number of aryl methyl sites for hydroxylation is 1. The smallest absolute Gasteiger partial charge is 0.255 e. The van der Waals surface area contributed by atoms with Gasteiger partial charge < -0.3 is 10.6 Å². The predicted molar refractivity (Wildman–Crippen MR) is 110 cm³/mol. The van der Waals surface area contributed by atoms with Crippen molar-refractivity contribution in [1.29, 1.82) is 0 Å². The van der Waals surface area contributed by atoms with Crippen LogP contribution in [-0.4, -0.2) is 37.6 Å². The SMILES string of the molecule is O=C1CCc2cc(NC(=O)c3ccc(S(=O)(=O)N4CCCCC4)cc3)ccc2N1. The summed E-state index contributed by atoms with van der Waals surface area (Å²) in [5.41, 5.74) is 2.76. The van der Waals surface area contributed by atoms with Gasteiger partial charge in [-0.3, -0.25) is 9.59 Å². The second-order valence-electron chi connectivity index (χ2n) is 7.36. The van der Waals surface area contributed by atoms with E-state index < -0.39 is 10.0 Å². The van der Waals surface area contributed by atoms with E-state index in [4.69, 9.17) is 0 Å². The number of anilines is 2. The number of fused-ring (bicyclic) bond motifs is 1. The number of nitrogens with one attached hydrogen (secondary N) is 2. The van der Waals surface area contributed by atoms with Gasteiger partial charge in [0, 0.05) is 36.4 Å². The first-order valence-corrected chi connectivity index (χ1v) is 11.2. The molecule has 29 heavy (non-hydrogen) atoms. The first-order chi connectivity index (χ1) is 13.9. The zero-order chi connectivity index (χ0) is 20.4. The van der Waals surface area contributed by atoms with Gasteiger partial charge >= 0.3 is 0 Å². The van der Waals surface area contributed by atoms with Crippen LogP contribution >= 0.6 is 0 Å². The summed E-state index contributed by atoms with van der Waals surface area (Å²) in [7, 11) is -3.51. The van der Waals surface area contributed by atoms with Gasteiger partial charge in [-0.2, -0.15) is 4.31 Å². The van der Waals surface area contributed by atoms with Crippen molar-refractivity contribution < 1.29 is 18.0 Å². The number of amides is 2. The summed E-state index contributed by atoms with van der Waals surface area (Å²) in [6, 6.07) is 11.4. The molecule has 8 heteroatoms. The lowest BCUT2D eigenvalue weighted by molar-refractivity contribution is -0.116. The van der Waals surface area contributed by atoms with Crippen molar-refractivity contribution in [2.24, 2.45) is 0 Å². The summed E-state index contributed by atoms with van der Waals surface area (Å²) in [6.07, 6.45) is 3.87. The van der Waals surface area contributed by atoms with Crippen molar-refractivity contribution in [2.75, 3.05) is 23.7 Å². The second-order valence-corrected chi connectivity index (χ2v) is 9.30. The number of carbonyl (C=O) groups is 2. The van der Waals surface area contributed by atoms with E-state index in [9.17, 15) is 18.0 Å². The maximum Gasteiger partial charge on any atom is 0.255 e. The molecule has 2 aromatic rings. The summed E-state index contributed by atoms with van der Waals surface area (Å²) >= 11 is 0. The summed E-state index contributed by atoms with van der Waals surface area (Å²) in [4.78, 5) is 24.2. The van der Waals surface area contributed by atoms with E-state index in [-0.39, 0.29) is 16.7 Å². The van der Waals surface area contributed by atoms with E-state index in [1.165, 1.54) is 28.6 Å². The third-order valence-electron chi connectivity index (χ3n) is 5.33. The highest BCUT2D eigenvalue weighted by molar-refractivity contribution is 7.89. The highest BCUT2D eigenvalue weighted by Gasteiger charge is 2.26. The fourth-order valence-electron chi connectivity index (χ4n) is 3.70. The predicted octanol–water partition coefficient (Wildman–Crippen LogP) is 3.00. The number of piperidine rings is 1. The minimum atomic E-state index is -3.51. The minimum Gasteiger partial charge on any atom is -0.326 e. The molecule has 4 rings (SSSR count). The number of hydrogen-bond donors (Lipinski definition) is 2. The van der Waals surface area contributed by atoms with Gasteiger partial charge in [-0.05, 0) is 67.3 Å². The molecule has 2 aliphatic rings. The van der Waals surface area contributed by atoms with Gasteiger partial charge in [0.2, 0.25) is 15.9 Å². The van der Waals surface area contributed by atoms with Gasteiger partial charge in [0.25, 0.3) is 5.91 Å². The Balaban J connectivity index is 1.46. The van der Waals surface area contributed by atoms with Gasteiger partial charge in [0.1, 0.15) is 0 Å². The van der Waals surface area contributed by atoms with E-state index in [1.54, 1.807) is 12.1 Å². The standard InChI is InChI=1S/C21H23N3O4S/c25-20-11-6-16-14-17(7-10-19(16)23-20)22-21(26)15-4-8-18(9-5-15)29(27,28)24-12-2-1-3-13-24/h4-5,7-10,14H,1-3,6,11-13H2,(H,22,26)(H,23,25). The summed E-state index contributed by atoms with van der Waals surface area (Å²) in [5, 5.41) is 5.64. The van der Waals surface area contributed by atoms with E-state index in [1.807, 2.05) is 6.07 Å². The largest absolute Gasteiger partial charge is 0.326 e. The molecule has 1 fully saturated rings. The molecule has 2 amide bonds. The number of nitrogens with zero attached hydrogens (tertiary/aromatic N) is 1. The molecule has 0 atom stereocenters. The summed E-state index contributed by atoms with van der Waals surface area (Å²) in [5.74, 6) is -0.319. The molecular weight excluding hydrogens is 390 g/mol. The van der Waals surface area contributed by atoms with Crippen molar-refractivity contribution in [2.45, 2.75) is 37.0 Å². The number of carbonyl (C=O) groups excluding carboxylic acids is 2. The Morgan fingerprint density at radius 1 is 0.966 bits per heavy atom. The van der Waals surface area contributed by atoms with Crippen LogP contribution in [0.25, 0.3) is 0 Å². The number of benzene rings is 2. The van der Waals surface area contributed by atoms with Crippen LogP contribution in [0.2, 0.25) is 0 Å². The monoisotopic (exact) mass is 413 g/mol. The van der Waals surface area contributed by atoms with Crippen LogP contribution < -0.4 is 10.6 Å². The average Bonchev–Trinajstić information content (AvgIpc) is 2.74. The van der Waals surface area contributed by atoms with Crippen molar-refractivity contribution >= 4 is 33.2 Å². The molecule has 2 N–H and O–H groups in total. The van der Waals surface area contributed by atoms with Gasteiger partial charge in [-0.15, -0.1) is 0 Å². The van der Waals surface area contributed by atoms with Crippen LogP contribution in [0.5, 0.6) is 0 Å². The van der Waals surface area contributed by atoms with Crippen molar-refractivity contribution in [3.8, 4) is 0 Å². The van der Waals surface area contributed by atoms with Crippen LogP contribution in [0.1, 0.15) is 41.6 Å². The van der Waals surface area contributed by atoms with E-state index in [0.717, 1.165) is 30.5 Å². The molecule has 2 aromatic carbocycles. The molecule has 0 unspecified atom stereocenters. The third-order valence-corrected chi connectivity index (χ3v) is 7.24. The Labute approximate surface area is 170 Å². The second kappa shape index (κ2) is 7.96. The van der Waals surface area contributed by atoms with Gasteiger partial charge in [0.05, 0.1) is 4.90 Å². The molecule has 0 radical (unpaired) electrons. The van der Waals surface area contributed by atoms with Gasteiger partial charge in [-0.1, -0.05) is 6.42 Å². The number of rotatable bonds is 4. The normalized spacial score (nSPS) is 17.3. The van der Waals surface area contributed by atoms with E-state index in [0.29, 0.717) is 37.2 Å². The number of sulfonamides is 1. The lowest BCUT2D eigenvalue weighted by Gasteiger charge is -2.25. The molecule has 0 bridgehead atoms. The minimum absolute atomic E-state index is 0.00567. The fourth-order valence-corrected chi connectivity index (χ4v) is 5.21. The zero-order valence-electron chi connectivity index (χ0n) is 16.0. The highest BCUT2D eigenvalue weighted by atomic mass is 32.2. The maximum absolute atomic E-state index is 12.7. The highest BCUT2D eigenvalue weighted by Crippen LogP contribution is 2.26. The lowest BCUT2D eigenvalue weighted by Crippen LogP contribution is -2.35. The molecule has 0 aliphatic carbocycles. The molecule has 2 aliphatic heterocycles. The van der Waals surface area contributed by atoms with Crippen LogP contribution in [-0.2, 0) is 21.2 Å². The Hall–Kier alpha value is -2.71. The topological polar surface area (TPSA) is 95.6 Å². The molecule has 0 saturated carbocycles. The molecule has 1 saturated heterocycles. The average molecular weight is 413 g/mol. The summed E-state index contributed by atoms with van der Waals surface area (Å²) in [6.45, 7) is 1.09. The molecule has 2 heterocycles. The Morgan fingerprint density at radius 2 is 1.69 bits per heavy atom. The van der Waals surface area contributed by atoms with Crippen molar-refractivity contribution in [1.82, 2.24) is 4.31 Å². The molecule has 0 spiro atoms. The summed E-state index contributed by atoms with van der Waals surface area (Å²) < 4.78 is 26.9. The first kappa shape index (κ1) is 19.6. The molecule has 152 valence electrons. The van der Waals surface area contributed by atoms with Crippen LogP contribution in [0, 0.1) is 0 Å². The fraction of sp³-hybridized carbons (Fsp3) is 0.333. The Morgan fingerprint density at radius 3 is 2.41 bits per heavy atom. The Kier molecular flexibility index (Phi) is 5.38. The van der Waals surface area contributed by atoms with Crippen LogP contribution in [0.15, 0.2) is 47.4 Å². The quantitative estimate of drug-likeness (QED) is 0.805. The molecule has 7 nitrogen and oxygen atoms in total. The molecular formula is C21H23N3O4S. The van der Waals surface area contributed by atoms with Crippen molar-refractivity contribution in [3.05, 3.63) is 53.6 Å². The van der Waals surface area contributed by atoms with Gasteiger partial charge in [-0.25, -0.2) is 8.42 Å². The Bertz CT molecular complexity index is 1040. The maximum atomic E-state index is 12.7.